The lowest BCUT2D eigenvalue weighted by molar-refractivity contribution is 0.688. The summed E-state index contributed by atoms with van der Waals surface area (Å²) in [7, 11) is 0. The van der Waals surface area contributed by atoms with Crippen LogP contribution in [0.3, 0.4) is 0 Å². The zero-order chi connectivity index (χ0) is 17.2. The lowest BCUT2D eigenvalue weighted by atomic mass is 10.1. The lowest BCUT2D eigenvalue weighted by Crippen LogP contribution is -2.32. The third kappa shape index (κ3) is 3.09. The van der Waals surface area contributed by atoms with Crippen molar-refractivity contribution in [2.75, 3.05) is 11.9 Å². The van der Waals surface area contributed by atoms with Gasteiger partial charge in [0, 0.05) is 35.1 Å². The predicted octanol–water partition coefficient (Wildman–Crippen LogP) is 2.43. The number of H-pyrrole nitrogens is 1. The molecular formula is C18H15N5OS. The molecule has 0 amide bonds. The molecule has 4 rings (SSSR count). The van der Waals surface area contributed by atoms with Gasteiger partial charge in [-0.1, -0.05) is 17.8 Å². The highest BCUT2D eigenvalue weighted by atomic mass is 32.2. The molecule has 2 aromatic heterocycles. The Labute approximate surface area is 148 Å². The Morgan fingerprint density at radius 2 is 2.24 bits per heavy atom. The first-order chi connectivity index (χ1) is 12.2. The molecule has 3 N–H and O–H groups in total. The normalized spacial score (nSPS) is 15.6. The molecule has 0 saturated carbocycles. The Hall–Kier alpha value is -2.82. The minimum atomic E-state index is -0.356. The molecule has 1 unspecified atom stereocenters. The topological polar surface area (TPSA) is 93.6 Å². The van der Waals surface area contributed by atoms with Crippen LogP contribution in [0.2, 0.25) is 0 Å². The van der Waals surface area contributed by atoms with Crippen molar-refractivity contribution in [2.45, 2.75) is 16.8 Å². The maximum absolute atomic E-state index is 11.8. The van der Waals surface area contributed by atoms with Crippen molar-refractivity contribution in [3.05, 3.63) is 64.2 Å². The quantitative estimate of drug-likeness (QED) is 0.670. The number of benzene rings is 1. The SMILES string of the molecule is N#Cc1cc2c3c(ccc2[nH]c1=O)SC(NCCc1ccccn1)N3. The Morgan fingerprint density at radius 3 is 3.04 bits per heavy atom. The largest absolute Gasteiger partial charge is 0.360 e. The molecular weight excluding hydrogens is 334 g/mol. The number of nitriles is 1. The van der Waals surface area contributed by atoms with Crippen LogP contribution in [0, 0.1) is 11.3 Å². The molecule has 0 spiro atoms. The number of aromatic nitrogens is 2. The van der Waals surface area contributed by atoms with Gasteiger partial charge < -0.3 is 10.3 Å². The molecule has 124 valence electrons. The average molecular weight is 349 g/mol. The summed E-state index contributed by atoms with van der Waals surface area (Å²) in [5, 5.41) is 16.8. The fraction of sp³-hybridized carbons (Fsp3) is 0.167. The minimum Gasteiger partial charge on any atom is -0.360 e. The van der Waals surface area contributed by atoms with E-state index in [1.54, 1.807) is 24.0 Å². The number of thioether (sulfide) groups is 1. The molecule has 0 bridgehead atoms. The van der Waals surface area contributed by atoms with E-state index in [0.29, 0.717) is 0 Å². The second-order valence-corrected chi connectivity index (χ2v) is 6.84. The van der Waals surface area contributed by atoms with E-state index in [9.17, 15) is 4.79 Å². The summed E-state index contributed by atoms with van der Waals surface area (Å²) in [6, 6.07) is 13.4. The van der Waals surface area contributed by atoms with Gasteiger partial charge in [-0.25, -0.2) is 0 Å². The first kappa shape index (κ1) is 15.7. The Kier molecular flexibility index (Phi) is 4.14. The summed E-state index contributed by atoms with van der Waals surface area (Å²) < 4.78 is 0. The van der Waals surface area contributed by atoms with Crippen LogP contribution >= 0.6 is 11.8 Å². The summed E-state index contributed by atoms with van der Waals surface area (Å²) >= 11 is 1.69. The van der Waals surface area contributed by atoms with Crippen LogP contribution in [-0.4, -0.2) is 22.0 Å². The smallest absolute Gasteiger partial charge is 0.266 e. The molecule has 0 aliphatic carbocycles. The Balaban J connectivity index is 1.51. The maximum atomic E-state index is 11.8. The molecule has 25 heavy (non-hydrogen) atoms. The van der Waals surface area contributed by atoms with Crippen LogP contribution in [-0.2, 0) is 6.42 Å². The van der Waals surface area contributed by atoms with Crippen LogP contribution in [0.25, 0.3) is 10.9 Å². The van der Waals surface area contributed by atoms with Gasteiger partial charge in [-0.15, -0.1) is 0 Å². The second kappa shape index (κ2) is 6.59. The van der Waals surface area contributed by atoms with E-state index in [1.165, 1.54) is 0 Å². The molecule has 0 radical (unpaired) electrons. The number of nitrogens with one attached hydrogen (secondary N) is 3. The van der Waals surface area contributed by atoms with Crippen LogP contribution in [0.5, 0.6) is 0 Å². The molecule has 0 fully saturated rings. The van der Waals surface area contributed by atoms with Crippen LogP contribution in [0.1, 0.15) is 11.3 Å². The molecule has 1 aliphatic heterocycles. The van der Waals surface area contributed by atoms with Crippen LogP contribution in [0.4, 0.5) is 5.69 Å². The maximum Gasteiger partial charge on any atom is 0.266 e. The zero-order valence-corrected chi connectivity index (χ0v) is 14.1. The van der Waals surface area contributed by atoms with Gasteiger partial charge in [-0.05, 0) is 30.3 Å². The highest BCUT2D eigenvalue weighted by molar-refractivity contribution is 8.00. The van der Waals surface area contributed by atoms with Gasteiger partial charge in [0.15, 0.2) is 0 Å². The van der Waals surface area contributed by atoms with Gasteiger partial charge in [-0.3, -0.25) is 15.1 Å². The van der Waals surface area contributed by atoms with E-state index < -0.39 is 0 Å². The third-order valence-corrected chi connectivity index (χ3v) is 5.18. The average Bonchev–Trinajstić information content (AvgIpc) is 3.05. The van der Waals surface area contributed by atoms with E-state index in [2.05, 4.69) is 20.6 Å². The predicted molar refractivity (Wildman–Crippen MR) is 98.5 cm³/mol. The molecule has 3 aromatic rings. The van der Waals surface area contributed by atoms with Gasteiger partial charge in [0.1, 0.15) is 17.1 Å². The number of aromatic amines is 1. The Morgan fingerprint density at radius 1 is 1.32 bits per heavy atom. The number of pyridine rings is 2. The zero-order valence-electron chi connectivity index (χ0n) is 13.2. The number of rotatable bonds is 4. The highest BCUT2D eigenvalue weighted by Gasteiger charge is 2.23. The summed E-state index contributed by atoms with van der Waals surface area (Å²) in [5.74, 6) is 0. The van der Waals surface area contributed by atoms with E-state index in [-0.39, 0.29) is 16.6 Å². The van der Waals surface area contributed by atoms with Gasteiger partial charge in [0.2, 0.25) is 0 Å². The lowest BCUT2D eigenvalue weighted by Gasteiger charge is -2.12. The van der Waals surface area contributed by atoms with Gasteiger partial charge in [-0.2, -0.15) is 5.26 Å². The first-order valence-electron chi connectivity index (χ1n) is 7.91. The van der Waals surface area contributed by atoms with E-state index in [0.717, 1.165) is 40.1 Å². The molecule has 1 aromatic carbocycles. The van der Waals surface area contributed by atoms with Crippen LogP contribution in [0.15, 0.2) is 52.3 Å². The second-order valence-electron chi connectivity index (χ2n) is 5.69. The molecule has 0 saturated heterocycles. The first-order valence-corrected chi connectivity index (χ1v) is 8.79. The number of hydrogen-bond donors (Lipinski definition) is 3. The number of hydrogen-bond acceptors (Lipinski definition) is 6. The van der Waals surface area contributed by atoms with Crippen molar-refractivity contribution >= 4 is 28.4 Å². The summed E-state index contributed by atoms with van der Waals surface area (Å²) in [6.45, 7) is 0.799. The van der Waals surface area contributed by atoms with E-state index in [1.807, 2.05) is 36.4 Å². The fourth-order valence-corrected chi connectivity index (χ4v) is 3.91. The van der Waals surface area contributed by atoms with E-state index >= 15 is 0 Å². The number of nitrogens with zero attached hydrogens (tertiary/aromatic N) is 2. The third-order valence-electron chi connectivity index (χ3n) is 4.07. The van der Waals surface area contributed by atoms with Crippen LogP contribution < -0.4 is 16.2 Å². The van der Waals surface area contributed by atoms with Crippen molar-refractivity contribution in [3.8, 4) is 6.07 Å². The standard InChI is InChI=1S/C18H15N5OS/c19-10-11-9-13-14(22-17(11)24)4-5-15-16(13)23-18(25-15)21-8-6-12-3-1-2-7-20-12/h1-5,7,9,18,21,23H,6,8H2,(H,22,24). The molecule has 3 heterocycles. The van der Waals surface area contributed by atoms with E-state index in [4.69, 9.17) is 5.26 Å². The molecule has 1 aliphatic rings. The molecule has 6 nitrogen and oxygen atoms in total. The number of fused-ring (bicyclic) bond motifs is 3. The summed E-state index contributed by atoms with van der Waals surface area (Å²) in [4.78, 5) is 20.0. The Bertz CT molecular complexity index is 1030. The fourth-order valence-electron chi connectivity index (χ4n) is 2.85. The van der Waals surface area contributed by atoms with Crippen molar-refractivity contribution in [1.29, 1.82) is 5.26 Å². The summed E-state index contributed by atoms with van der Waals surface area (Å²) in [5.41, 5.74) is 2.54. The van der Waals surface area contributed by atoms with Crippen molar-refractivity contribution in [1.82, 2.24) is 15.3 Å². The monoisotopic (exact) mass is 349 g/mol. The van der Waals surface area contributed by atoms with Gasteiger partial charge >= 0.3 is 0 Å². The molecule has 7 heteroatoms. The number of anilines is 1. The van der Waals surface area contributed by atoms with Gasteiger partial charge in [0.05, 0.1) is 11.2 Å². The minimum absolute atomic E-state index is 0.0433. The highest BCUT2D eigenvalue weighted by Crippen LogP contribution is 2.41. The van der Waals surface area contributed by atoms with Crippen molar-refractivity contribution in [2.24, 2.45) is 0 Å². The summed E-state index contributed by atoms with van der Waals surface area (Å²) in [6.07, 6.45) is 2.65. The van der Waals surface area contributed by atoms with Gasteiger partial charge in [0.25, 0.3) is 5.56 Å². The van der Waals surface area contributed by atoms with Crippen molar-refractivity contribution < 1.29 is 0 Å². The van der Waals surface area contributed by atoms with Crippen molar-refractivity contribution in [3.63, 3.8) is 0 Å². The molecule has 1 atom stereocenters.